The second-order valence-corrected chi connectivity index (χ2v) is 5.26. The molecule has 0 amide bonds. The van der Waals surface area contributed by atoms with Crippen molar-refractivity contribution in [3.05, 3.63) is 26.3 Å². The smallest absolute Gasteiger partial charge is 0.141 e. The molecule has 1 aromatic carbocycles. The Morgan fingerprint density at radius 2 is 2.23 bits per heavy atom. The fourth-order valence-corrected chi connectivity index (χ4v) is 2.79. The molecule has 1 heterocycles. The molecule has 1 aromatic rings. The zero-order chi connectivity index (χ0) is 9.42. The third-order valence-corrected chi connectivity index (χ3v) is 3.12. The molecule has 0 aromatic heterocycles. The van der Waals surface area contributed by atoms with Crippen LogP contribution in [-0.2, 0) is 6.42 Å². The van der Waals surface area contributed by atoms with E-state index in [2.05, 4.69) is 28.7 Å². The molecule has 13 heavy (non-hydrogen) atoms. The van der Waals surface area contributed by atoms with Gasteiger partial charge >= 0.3 is 0 Å². The molecule has 0 spiro atoms. The van der Waals surface area contributed by atoms with Crippen molar-refractivity contribution in [3.63, 3.8) is 0 Å². The number of fused-ring (bicyclic) bond motifs is 1. The van der Waals surface area contributed by atoms with Crippen molar-refractivity contribution in [2.45, 2.75) is 11.8 Å². The Bertz CT molecular complexity index is 341. The lowest BCUT2D eigenvalue weighted by atomic mass is 10.1. The number of ether oxygens (including phenoxy) is 1. The van der Waals surface area contributed by atoms with Gasteiger partial charge in [-0.1, -0.05) is 11.6 Å². The fourth-order valence-electron chi connectivity index (χ4n) is 1.40. The molecule has 0 aliphatic carbocycles. The van der Waals surface area contributed by atoms with Gasteiger partial charge in [-0.3, -0.25) is 0 Å². The van der Waals surface area contributed by atoms with Crippen LogP contribution in [0.1, 0.15) is 5.56 Å². The Hall–Kier alpha value is 0.330. The number of halogens is 3. The van der Waals surface area contributed by atoms with Crippen LogP contribution >= 0.6 is 45.8 Å². The van der Waals surface area contributed by atoms with Crippen molar-refractivity contribution in [1.82, 2.24) is 0 Å². The minimum Gasteiger partial charge on any atom is -0.490 e. The van der Waals surface area contributed by atoms with Gasteiger partial charge in [0.05, 0.1) is 10.4 Å². The van der Waals surface area contributed by atoms with E-state index in [-0.39, 0.29) is 5.38 Å². The first-order chi connectivity index (χ1) is 6.16. The molecule has 1 atom stereocenters. The lowest BCUT2D eigenvalue weighted by molar-refractivity contribution is 0.292. The maximum absolute atomic E-state index is 6.02. The molecule has 0 saturated carbocycles. The third kappa shape index (κ3) is 2.05. The maximum atomic E-state index is 6.02. The van der Waals surface area contributed by atoms with E-state index < -0.39 is 0 Å². The van der Waals surface area contributed by atoms with Gasteiger partial charge < -0.3 is 4.74 Å². The van der Waals surface area contributed by atoms with Crippen LogP contribution in [0.25, 0.3) is 0 Å². The van der Waals surface area contributed by atoms with Crippen molar-refractivity contribution in [3.8, 4) is 5.75 Å². The van der Waals surface area contributed by atoms with E-state index in [1.807, 2.05) is 6.07 Å². The van der Waals surface area contributed by atoms with Crippen molar-refractivity contribution >= 4 is 45.8 Å². The molecule has 1 nitrogen and oxygen atoms in total. The van der Waals surface area contributed by atoms with Crippen LogP contribution in [0.2, 0.25) is 5.02 Å². The molecule has 0 saturated heterocycles. The van der Waals surface area contributed by atoms with Gasteiger partial charge in [-0.2, -0.15) is 0 Å². The zero-order valence-electron chi connectivity index (χ0n) is 6.69. The van der Waals surface area contributed by atoms with Crippen LogP contribution in [-0.4, -0.2) is 12.0 Å². The lowest BCUT2D eigenvalue weighted by Crippen LogP contribution is -2.21. The number of hydrogen-bond donors (Lipinski definition) is 0. The molecule has 1 aliphatic rings. The summed E-state index contributed by atoms with van der Waals surface area (Å²) in [6.07, 6.45) is 0.841. The summed E-state index contributed by atoms with van der Waals surface area (Å²) in [4.78, 5) is 0. The summed E-state index contributed by atoms with van der Waals surface area (Å²) in [6.45, 7) is 0.550. The van der Waals surface area contributed by atoms with E-state index in [4.69, 9.17) is 27.9 Å². The fraction of sp³-hybridized carbons (Fsp3) is 0.333. The van der Waals surface area contributed by atoms with E-state index in [1.54, 1.807) is 0 Å². The van der Waals surface area contributed by atoms with Crippen molar-refractivity contribution in [2.75, 3.05) is 6.61 Å². The molecule has 0 fully saturated rings. The quantitative estimate of drug-likeness (QED) is 0.523. The molecule has 70 valence electrons. The standard InChI is InChI=1S/C9H7Cl2IO/c10-6-1-5-2-7(12)3-8(11)9(5)13-4-6/h2-3,6H,1,4H2/t6-/m0/s1. The summed E-state index contributed by atoms with van der Waals surface area (Å²) >= 11 is 14.2. The minimum atomic E-state index is 0.0711. The SMILES string of the molecule is Clc1cc(I)cc2c1OC[C@@H](Cl)C2. The Balaban J connectivity index is 2.47. The van der Waals surface area contributed by atoms with Crippen LogP contribution in [0, 0.1) is 3.57 Å². The predicted octanol–water partition coefficient (Wildman–Crippen LogP) is 3.49. The largest absolute Gasteiger partial charge is 0.490 e. The first-order valence-corrected chi connectivity index (χ1v) is 5.81. The summed E-state index contributed by atoms with van der Waals surface area (Å²) in [7, 11) is 0. The Morgan fingerprint density at radius 1 is 1.46 bits per heavy atom. The number of rotatable bonds is 0. The van der Waals surface area contributed by atoms with Gasteiger partial charge in [-0.05, 0) is 46.7 Å². The van der Waals surface area contributed by atoms with Gasteiger partial charge in [0.2, 0.25) is 0 Å². The summed E-state index contributed by atoms with van der Waals surface area (Å²) in [5.41, 5.74) is 1.11. The molecule has 0 N–H and O–H groups in total. The van der Waals surface area contributed by atoms with E-state index in [1.165, 1.54) is 0 Å². The van der Waals surface area contributed by atoms with Gasteiger partial charge in [-0.15, -0.1) is 11.6 Å². The van der Waals surface area contributed by atoms with Crippen LogP contribution in [0.4, 0.5) is 0 Å². The first kappa shape index (κ1) is 9.87. The van der Waals surface area contributed by atoms with Gasteiger partial charge in [0.25, 0.3) is 0 Å². The Kier molecular flexibility index (Phi) is 2.91. The van der Waals surface area contributed by atoms with Gasteiger partial charge in [0.1, 0.15) is 12.4 Å². The molecule has 0 radical (unpaired) electrons. The first-order valence-electron chi connectivity index (χ1n) is 3.91. The third-order valence-electron chi connectivity index (χ3n) is 1.94. The highest BCUT2D eigenvalue weighted by atomic mass is 127. The van der Waals surface area contributed by atoms with Gasteiger partial charge in [-0.25, -0.2) is 0 Å². The van der Waals surface area contributed by atoms with E-state index in [0.29, 0.717) is 11.6 Å². The second-order valence-electron chi connectivity index (χ2n) is 2.99. The molecule has 0 unspecified atom stereocenters. The normalized spacial score (nSPS) is 20.7. The monoisotopic (exact) mass is 328 g/mol. The van der Waals surface area contributed by atoms with E-state index in [9.17, 15) is 0 Å². The summed E-state index contributed by atoms with van der Waals surface area (Å²) in [5, 5.41) is 0.757. The highest BCUT2D eigenvalue weighted by Gasteiger charge is 2.20. The molecule has 1 aliphatic heterocycles. The topological polar surface area (TPSA) is 9.23 Å². The Labute approximate surface area is 101 Å². The van der Waals surface area contributed by atoms with Crippen LogP contribution in [0.3, 0.4) is 0 Å². The average molecular weight is 329 g/mol. The van der Waals surface area contributed by atoms with E-state index >= 15 is 0 Å². The van der Waals surface area contributed by atoms with Gasteiger partial charge in [0.15, 0.2) is 0 Å². The van der Waals surface area contributed by atoms with Crippen molar-refractivity contribution in [1.29, 1.82) is 0 Å². The summed E-state index contributed by atoms with van der Waals surface area (Å²) in [5.74, 6) is 0.805. The number of benzene rings is 1. The van der Waals surface area contributed by atoms with Crippen molar-refractivity contribution in [2.24, 2.45) is 0 Å². The van der Waals surface area contributed by atoms with Gasteiger partial charge in [0, 0.05) is 3.57 Å². The van der Waals surface area contributed by atoms with E-state index in [0.717, 1.165) is 21.3 Å². The maximum Gasteiger partial charge on any atom is 0.141 e. The average Bonchev–Trinajstić information content (AvgIpc) is 2.02. The lowest BCUT2D eigenvalue weighted by Gasteiger charge is -2.22. The Morgan fingerprint density at radius 3 is 3.00 bits per heavy atom. The highest BCUT2D eigenvalue weighted by molar-refractivity contribution is 14.1. The molecular formula is C9H7Cl2IO. The van der Waals surface area contributed by atoms with Crippen LogP contribution < -0.4 is 4.74 Å². The predicted molar refractivity (Wildman–Crippen MR) is 63.0 cm³/mol. The number of hydrogen-bond acceptors (Lipinski definition) is 1. The van der Waals surface area contributed by atoms with Crippen LogP contribution in [0.5, 0.6) is 5.75 Å². The summed E-state index contributed by atoms with van der Waals surface area (Å²) < 4.78 is 6.58. The van der Waals surface area contributed by atoms with Crippen molar-refractivity contribution < 1.29 is 4.74 Å². The molecule has 0 bridgehead atoms. The molecule has 4 heteroatoms. The molecular weight excluding hydrogens is 322 g/mol. The highest BCUT2D eigenvalue weighted by Crippen LogP contribution is 2.35. The summed E-state index contributed by atoms with van der Waals surface area (Å²) in [6, 6.07) is 3.96. The number of alkyl halides is 1. The van der Waals surface area contributed by atoms with Crippen LogP contribution in [0.15, 0.2) is 12.1 Å². The zero-order valence-corrected chi connectivity index (χ0v) is 10.4. The minimum absolute atomic E-state index is 0.0711. The second kappa shape index (κ2) is 3.83. The molecule has 2 rings (SSSR count).